The maximum absolute atomic E-state index is 3.78. The van der Waals surface area contributed by atoms with Crippen molar-refractivity contribution in [3.8, 4) is 0 Å². The first-order valence-electron chi connectivity index (χ1n) is 8.72. The van der Waals surface area contributed by atoms with Crippen LogP contribution in [0.4, 0.5) is 0 Å². The third-order valence-electron chi connectivity index (χ3n) is 5.02. The second-order valence-electron chi connectivity index (χ2n) is 6.55. The lowest BCUT2D eigenvalue weighted by atomic mass is 10.00. The molecule has 0 aromatic heterocycles. The highest BCUT2D eigenvalue weighted by molar-refractivity contribution is 5.29. The van der Waals surface area contributed by atoms with Crippen molar-refractivity contribution in [1.82, 2.24) is 10.2 Å². The summed E-state index contributed by atoms with van der Waals surface area (Å²) in [7, 11) is 0. The van der Waals surface area contributed by atoms with Crippen molar-refractivity contribution in [3.05, 3.63) is 35.4 Å². The Morgan fingerprint density at radius 3 is 2.67 bits per heavy atom. The molecule has 21 heavy (non-hydrogen) atoms. The van der Waals surface area contributed by atoms with Crippen LogP contribution >= 0.6 is 0 Å². The van der Waals surface area contributed by atoms with Gasteiger partial charge in [0.25, 0.3) is 0 Å². The molecule has 0 amide bonds. The van der Waals surface area contributed by atoms with E-state index in [0.717, 1.165) is 25.2 Å². The van der Waals surface area contributed by atoms with Crippen LogP contribution < -0.4 is 5.32 Å². The van der Waals surface area contributed by atoms with Gasteiger partial charge in [0.2, 0.25) is 0 Å². The van der Waals surface area contributed by atoms with Crippen LogP contribution in [-0.4, -0.2) is 30.1 Å². The molecule has 0 saturated carbocycles. The summed E-state index contributed by atoms with van der Waals surface area (Å²) in [6.07, 6.45) is 5.19. The molecule has 1 aliphatic rings. The summed E-state index contributed by atoms with van der Waals surface area (Å²) >= 11 is 0. The third-order valence-corrected chi connectivity index (χ3v) is 5.02. The molecular formula is C19H32N2. The van der Waals surface area contributed by atoms with Crippen molar-refractivity contribution < 1.29 is 0 Å². The van der Waals surface area contributed by atoms with Gasteiger partial charge in [0.15, 0.2) is 0 Å². The summed E-state index contributed by atoms with van der Waals surface area (Å²) in [6, 6.07) is 10.8. The highest BCUT2D eigenvalue weighted by Crippen LogP contribution is 2.29. The molecule has 2 rings (SSSR count). The lowest BCUT2D eigenvalue weighted by Crippen LogP contribution is -2.41. The van der Waals surface area contributed by atoms with E-state index >= 15 is 0 Å². The predicted octanol–water partition coefficient (Wildman–Crippen LogP) is 4.30. The van der Waals surface area contributed by atoms with E-state index in [2.05, 4.69) is 62.2 Å². The van der Waals surface area contributed by atoms with Gasteiger partial charge in [0.05, 0.1) is 0 Å². The molecule has 0 spiro atoms. The fourth-order valence-corrected chi connectivity index (χ4v) is 3.67. The van der Waals surface area contributed by atoms with Crippen LogP contribution in [0.2, 0.25) is 0 Å². The molecule has 0 radical (unpaired) electrons. The normalized spacial score (nSPS) is 24.4. The largest absolute Gasteiger partial charge is 0.309 e. The molecule has 1 aliphatic heterocycles. The van der Waals surface area contributed by atoms with Gasteiger partial charge in [0.1, 0.15) is 0 Å². The predicted molar refractivity (Wildman–Crippen MR) is 91.7 cm³/mol. The van der Waals surface area contributed by atoms with E-state index in [1.165, 1.54) is 36.8 Å². The first-order chi connectivity index (χ1) is 10.2. The number of hydrogen-bond donors (Lipinski definition) is 1. The standard InChI is InChI=1S/C19H32N2/c1-5-13-20-19(18-10-8-7-9-15(18)3)14-21-16(4)11-12-17(21)6-2/h7-10,16-17,19-20H,5-6,11-14H2,1-4H3. The van der Waals surface area contributed by atoms with E-state index in [9.17, 15) is 0 Å². The van der Waals surface area contributed by atoms with Gasteiger partial charge in [-0.15, -0.1) is 0 Å². The highest BCUT2D eigenvalue weighted by Gasteiger charge is 2.31. The Balaban J connectivity index is 2.14. The summed E-state index contributed by atoms with van der Waals surface area (Å²) < 4.78 is 0. The molecule has 3 unspecified atom stereocenters. The Morgan fingerprint density at radius 1 is 1.24 bits per heavy atom. The molecule has 2 nitrogen and oxygen atoms in total. The quantitative estimate of drug-likeness (QED) is 0.805. The summed E-state index contributed by atoms with van der Waals surface area (Å²) in [4.78, 5) is 2.74. The minimum Gasteiger partial charge on any atom is -0.309 e. The van der Waals surface area contributed by atoms with Gasteiger partial charge in [-0.2, -0.15) is 0 Å². The lowest BCUT2D eigenvalue weighted by molar-refractivity contribution is 0.176. The van der Waals surface area contributed by atoms with Crippen LogP contribution in [0, 0.1) is 6.92 Å². The molecule has 1 heterocycles. The van der Waals surface area contributed by atoms with Gasteiger partial charge in [0, 0.05) is 24.7 Å². The molecule has 1 fully saturated rings. The minimum atomic E-state index is 0.459. The van der Waals surface area contributed by atoms with Gasteiger partial charge < -0.3 is 5.32 Å². The van der Waals surface area contributed by atoms with Gasteiger partial charge in [-0.1, -0.05) is 38.1 Å². The lowest BCUT2D eigenvalue weighted by Gasteiger charge is -2.33. The summed E-state index contributed by atoms with van der Waals surface area (Å²) in [5.41, 5.74) is 2.88. The third kappa shape index (κ3) is 4.08. The fourth-order valence-electron chi connectivity index (χ4n) is 3.67. The van der Waals surface area contributed by atoms with Crippen LogP contribution in [-0.2, 0) is 0 Å². The van der Waals surface area contributed by atoms with Gasteiger partial charge >= 0.3 is 0 Å². The first-order valence-corrected chi connectivity index (χ1v) is 8.72. The number of benzene rings is 1. The van der Waals surface area contributed by atoms with Crippen molar-refractivity contribution in [3.63, 3.8) is 0 Å². The average molecular weight is 288 g/mol. The molecule has 3 atom stereocenters. The number of rotatable bonds is 7. The van der Waals surface area contributed by atoms with E-state index in [1.807, 2.05) is 0 Å². The zero-order valence-electron chi connectivity index (χ0n) is 14.2. The van der Waals surface area contributed by atoms with Crippen LogP contribution in [0.15, 0.2) is 24.3 Å². The Bertz CT molecular complexity index is 429. The smallest absolute Gasteiger partial charge is 0.0452 e. The maximum Gasteiger partial charge on any atom is 0.0452 e. The average Bonchev–Trinajstić information content (AvgIpc) is 2.84. The molecular weight excluding hydrogens is 256 g/mol. The molecule has 1 aromatic carbocycles. The molecule has 1 N–H and O–H groups in total. The van der Waals surface area contributed by atoms with Crippen molar-refractivity contribution >= 4 is 0 Å². The fraction of sp³-hybridized carbons (Fsp3) is 0.684. The minimum absolute atomic E-state index is 0.459. The van der Waals surface area contributed by atoms with Crippen LogP contribution in [0.3, 0.4) is 0 Å². The molecule has 0 bridgehead atoms. The van der Waals surface area contributed by atoms with Crippen LogP contribution in [0.25, 0.3) is 0 Å². The SMILES string of the molecule is CCCNC(CN1C(C)CCC1CC)c1ccccc1C. The number of likely N-dealkylation sites (tertiary alicyclic amines) is 1. The second kappa shape index (κ2) is 7.95. The Kier molecular flexibility index (Phi) is 6.25. The number of aryl methyl sites for hydroxylation is 1. The molecule has 2 heteroatoms. The highest BCUT2D eigenvalue weighted by atomic mass is 15.2. The van der Waals surface area contributed by atoms with Crippen LogP contribution in [0.1, 0.15) is 63.6 Å². The van der Waals surface area contributed by atoms with Crippen molar-refractivity contribution in [2.24, 2.45) is 0 Å². The Morgan fingerprint density at radius 2 is 2.00 bits per heavy atom. The van der Waals surface area contributed by atoms with E-state index < -0.39 is 0 Å². The topological polar surface area (TPSA) is 15.3 Å². The van der Waals surface area contributed by atoms with E-state index in [4.69, 9.17) is 0 Å². The first kappa shape index (κ1) is 16.5. The maximum atomic E-state index is 3.78. The summed E-state index contributed by atoms with van der Waals surface area (Å²) in [5.74, 6) is 0. The van der Waals surface area contributed by atoms with Gasteiger partial charge in [-0.25, -0.2) is 0 Å². The summed E-state index contributed by atoms with van der Waals surface area (Å²) in [6.45, 7) is 11.4. The van der Waals surface area contributed by atoms with E-state index in [-0.39, 0.29) is 0 Å². The molecule has 1 aromatic rings. The van der Waals surface area contributed by atoms with Crippen molar-refractivity contribution in [2.45, 2.75) is 71.5 Å². The monoisotopic (exact) mass is 288 g/mol. The number of nitrogens with one attached hydrogen (secondary N) is 1. The Hall–Kier alpha value is -0.860. The zero-order valence-corrected chi connectivity index (χ0v) is 14.2. The Labute approximate surface area is 130 Å². The van der Waals surface area contributed by atoms with Crippen molar-refractivity contribution in [2.75, 3.05) is 13.1 Å². The zero-order chi connectivity index (χ0) is 15.2. The number of hydrogen-bond acceptors (Lipinski definition) is 2. The molecule has 0 aliphatic carbocycles. The van der Waals surface area contributed by atoms with Crippen molar-refractivity contribution in [1.29, 1.82) is 0 Å². The van der Waals surface area contributed by atoms with E-state index in [1.54, 1.807) is 0 Å². The number of nitrogens with zero attached hydrogens (tertiary/aromatic N) is 1. The summed E-state index contributed by atoms with van der Waals surface area (Å²) in [5, 5.41) is 3.78. The molecule has 118 valence electrons. The second-order valence-corrected chi connectivity index (χ2v) is 6.55. The van der Waals surface area contributed by atoms with E-state index in [0.29, 0.717) is 6.04 Å². The van der Waals surface area contributed by atoms with Gasteiger partial charge in [-0.05, 0) is 57.2 Å². The van der Waals surface area contributed by atoms with Gasteiger partial charge in [-0.3, -0.25) is 4.90 Å². The molecule has 1 saturated heterocycles. The van der Waals surface area contributed by atoms with Crippen LogP contribution in [0.5, 0.6) is 0 Å².